The van der Waals surface area contributed by atoms with Gasteiger partial charge in [-0.1, -0.05) is 25.4 Å². The first kappa shape index (κ1) is 10.7. The molecule has 3 nitrogen and oxygen atoms in total. The SMILES string of the molecule is CC1(C)CCCN(c2nccnc2Cl)C1. The van der Waals surface area contributed by atoms with Gasteiger partial charge in [-0.3, -0.25) is 0 Å². The van der Waals surface area contributed by atoms with E-state index in [0.717, 1.165) is 18.9 Å². The van der Waals surface area contributed by atoms with Crippen LogP contribution >= 0.6 is 11.6 Å². The van der Waals surface area contributed by atoms with Crippen LogP contribution in [-0.2, 0) is 0 Å². The molecule has 1 aliphatic heterocycles. The smallest absolute Gasteiger partial charge is 0.171 e. The van der Waals surface area contributed by atoms with Crippen molar-refractivity contribution >= 4 is 17.4 Å². The summed E-state index contributed by atoms with van der Waals surface area (Å²) in [6, 6.07) is 0. The van der Waals surface area contributed by atoms with Gasteiger partial charge in [0.2, 0.25) is 0 Å². The predicted octanol–water partition coefficient (Wildman–Crippen LogP) is 2.76. The summed E-state index contributed by atoms with van der Waals surface area (Å²) < 4.78 is 0. The molecule has 0 spiro atoms. The van der Waals surface area contributed by atoms with Crippen LogP contribution in [0.2, 0.25) is 5.15 Å². The summed E-state index contributed by atoms with van der Waals surface area (Å²) in [5, 5.41) is 0.509. The molecule has 2 rings (SSSR count). The van der Waals surface area contributed by atoms with E-state index in [1.165, 1.54) is 12.8 Å². The summed E-state index contributed by atoms with van der Waals surface area (Å²) in [5.74, 6) is 0.826. The second-order valence-electron chi connectivity index (χ2n) is 4.86. The molecule has 0 N–H and O–H groups in total. The van der Waals surface area contributed by atoms with Crippen molar-refractivity contribution in [2.45, 2.75) is 26.7 Å². The molecule has 1 fully saturated rings. The van der Waals surface area contributed by atoms with Gasteiger partial charge < -0.3 is 4.90 Å². The molecule has 15 heavy (non-hydrogen) atoms. The molecule has 1 aromatic rings. The maximum absolute atomic E-state index is 6.04. The predicted molar refractivity (Wildman–Crippen MR) is 62.3 cm³/mol. The number of rotatable bonds is 1. The number of anilines is 1. The van der Waals surface area contributed by atoms with Gasteiger partial charge in [-0.15, -0.1) is 0 Å². The van der Waals surface area contributed by atoms with Crippen molar-refractivity contribution in [1.29, 1.82) is 0 Å². The summed E-state index contributed by atoms with van der Waals surface area (Å²) >= 11 is 6.04. The Bertz CT molecular complexity index is 351. The molecule has 0 radical (unpaired) electrons. The van der Waals surface area contributed by atoms with Crippen LogP contribution in [0.15, 0.2) is 12.4 Å². The van der Waals surface area contributed by atoms with E-state index < -0.39 is 0 Å². The maximum Gasteiger partial charge on any atom is 0.171 e. The van der Waals surface area contributed by atoms with Crippen LogP contribution in [0, 0.1) is 5.41 Å². The fourth-order valence-corrected chi connectivity index (χ4v) is 2.35. The number of nitrogens with zero attached hydrogens (tertiary/aromatic N) is 3. The Kier molecular flexibility index (Phi) is 2.83. The van der Waals surface area contributed by atoms with Crippen molar-refractivity contribution in [2.75, 3.05) is 18.0 Å². The molecule has 1 aliphatic rings. The normalized spacial score (nSPS) is 20.3. The Labute approximate surface area is 95.5 Å². The van der Waals surface area contributed by atoms with Crippen LogP contribution in [0.1, 0.15) is 26.7 Å². The first-order valence-corrected chi connectivity index (χ1v) is 5.68. The lowest BCUT2D eigenvalue weighted by atomic mass is 9.84. The van der Waals surface area contributed by atoms with Crippen molar-refractivity contribution in [3.63, 3.8) is 0 Å². The van der Waals surface area contributed by atoms with Crippen LogP contribution in [0.4, 0.5) is 5.82 Å². The van der Waals surface area contributed by atoms with Crippen LogP contribution < -0.4 is 4.90 Å². The van der Waals surface area contributed by atoms with Gasteiger partial charge in [0.15, 0.2) is 11.0 Å². The first-order chi connectivity index (χ1) is 7.08. The minimum Gasteiger partial charge on any atom is -0.354 e. The van der Waals surface area contributed by atoms with E-state index in [-0.39, 0.29) is 0 Å². The Morgan fingerprint density at radius 3 is 2.73 bits per heavy atom. The number of piperidine rings is 1. The Morgan fingerprint density at radius 2 is 2.07 bits per heavy atom. The topological polar surface area (TPSA) is 29.0 Å². The molecule has 1 saturated heterocycles. The summed E-state index contributed by atoms with van der Waals surface area (Å²) in [5.41, 5.74) is 0.346. The van der Waals surface area contributed by atoms with Crippen LogP contribution in [0.5, 0.6) is 0 Å². The third-order valence-electron chi connectivity index (χ3n) is 2.84. The fourth-order valence-electron chi connectivity index (χ4n) is 2.13. The molecule has 1 aromatic heterocycles. The zero-order valence-corrected chi connectivity index (χ0v) is 9.96. The molecule has 4 heteroatoms. The number of hydrogen-bond acceptors (Lipinski definition) is 3. The second-order valence-corrected chi connectivity index (χ2v) is 5.22. The van der Waals surface area contributed by atoms with Crippen molar-refractivity contribution < 1.29 is 0 Å². The highest BCUT2D eigenvalue weighted by Gasteiger charge is 2.28. The van der Waals surface area contributed by atoms with E-state index in [4.69, 9.17) is 11.6 Å². The lowest BCUT2D eigenvalue weighted by molar-refractivity contribution is 0.292. The molecule has 0 bridgehead atoms. The molecule has 82 valence electrons. The molecular weight excluding hydrogens is 210 g/mol. The van der Waals surface area contributed by atoms with Gasteiger partial charge in [-0.05, 0) is 18.3 Å². The zero-order valence-electron chi connectivity index (χ0n) is 9.20. The van der Waals surface area contributed by atoms with Gasteiger partial charge in [0, 0.05) is 25.5 Å². The van der Waals surface area contributed by atoms with Crippen molar-refractivity contribution in [3.8, 4) is 0 Å². The average molecular weight is 226 g/mol. The molecule has 0 amide bonds. The lowest BCUT2D eigenvalue weighted by Crippen LogP contribution is -2.40. The van der Waals surface area contributed by atoms with Crippen LogP contribution in [-0.4, -0.2) is 23.1 Å². The van der Waals surface area contributed by atoms with E-state index in [2.05, 4.69) is 28.7 Å². The van der Waals surface area contributed by atoms with Crippen molar-refractivity contribution in [1.82, 2.24) is 9.97 Å². The monoisotopic (exact) mass is 225 g/mol. The summed E-state index contributed by atoms with van der Waals surface area (Å²) in [4.78, 5) is 10.6. The maximum atomic E-state index is 6.04. The molecule has 0 unspecified atom stereocenters. The quantitative estimate of drug-likeness (QED) is 0.736. The van der Waals surface area contributed by atoms with E-state index in [1.54, 1.807) is 12.4 Å². The number of aromatic nitrogens is 2. The number of halogens is 1. The lowest BCUT2D eigenvalue weighted by Gasteiger charge is -2.38. The summed E-state index contributed by atoms with van der Waals surface area (Å²) in [7, 11) is 0. The summed E-state index contributed by atoms with van der Waals surface area (Å²) in [6.07, 6.45) is 5.78. The van der Waals surface area contributed by atoms with Gasteiger partial charge in [0.1, 0.15) is 0 Å². The largest absolute Gasteiger partial charge is 0.354 e. The van der Waals surface area contributed by atoms with E-state index in [0.29, 0.717) is 10.6 Å². The molecule has 0 atom stereocenters. The standard InChI is InChI=1S/C11H16ClN3/c1-11(2)4-3-7-15(8-11)10-9(12)13-5-6-14-10/h5-6H,3-4,7-8H2,1-2H3. The van der Waals surface area contributed by atoms with Crippen molar-refractivity contribution in [3.05, 3.63) is 17.5 Å². The highest BCUT2D eigenvalue weighted by molar-refractivity contribution is 6.31. The Hall–Kier alpha value is -0.830. The molecule has 0 aromatic carbocycles. The van der Waals surface area contributed by atoms with Crippen LogP contribution in [0.25, 0.3) is 0 Å². The van der Waals surface area contributed by atoms with E-state index in [1.807, 2.05) is 0 Å². The second kappa shape index (κ2) is 3.97. The van der Waals surface area contributed by atoms with E-state index >= 15 is 0 Å². The molecule has 2 heterocycles. The van der Waals surface area contributed by atoms with Gasteiger partial charge in [-0.2, -0.15) is 0 Å². The molecule has 0 saturated carbocycles. The number of hydrogen-bond donors (Lipinski definition) is 0. The third kappa shape index (κ3) is 2.40. The van der Waals surface area contributed by atoms with E-state index in [9.17, 15) is 0 Å². The average Bonchev–Trinajstić information content (AvgIpc) is 2.17. The Morgan fingerprint density at radius 1 is 1.33 bits per heavy atom. The van der Waals surface area contributed by atoms with Gasteiger partial charge in [0.25, 0.3) is 0 Å². The fraction of sp³-hybridized carbons (Fsp3) is 0.636. The highest BCUT2D eigenvalue weighted by atomic mass is 35.5. The van der Waals surface area contributed by atoms with Gasteiger partial charge in [0.05, 0.1) is 0 Å². The molecule has 0 aliphatic carbocycles. The first-order valence-electron chi connectivity index (χ1n) is 5.30. The zero-order chi connectivity index (χ0) is 10.9. The minimum absolute atomic E-state index is 0.346. The van der Waals surface area contributed by atoms with Crippen molar-refractivity contribution in [2.24, 2.45) is 5.41 Å². The summed E-state index contributed by atoms with van der Waals surface area (Å²) in [6.45, 7) is 6.60. The minimum atomic E-state index is 0.346. The third-order valence-corrected chi connectivity index (χ3v) is 3.10. The van der Waals surface area contributed by atoms with Gasteiger partial charge >= 0.3 is 0 Å². The molecular formula is C11H16ClN3. The Balaban J connectivity index is 2.21. The highest BCUT2D eigenvalue weighted by Crippen LogP contribution is 2.32. The van der Waals surface area contributed by atoms with Crippen LogP contribution in [0.3, 0.4) is 0 Å². The van der Waals surface area contributed by atoms with Gasteiger partial charge in [-0.25, -0.2) is 9.97 Å².